The number of fused-ring (bicyclic) bond motifs is 1. The van der Waals surface area contributed by atoms with Crippen molar-refractivity contribution < 1.29 is 13.2 Å². The fraction of sp³-hybridized carbons (Fsp3) is 0.111. The summed E-state index contributed by atoms with van der Waals surface area (Å²) in [5.41, 5.74) is 0.709. The highest BCUT2D eigenvalue weighted by atomic mass is 32.2. The molecule has 1 aromatic carbocycles. The summed E-state index contributed by atoms with van der Waals surface area (Å²) in [6.07, 6.45) is 1.20. The van der Waals surface area contributed by atoms with E-state index in [-0.39, 0.29) is 4.90 Å². The average Bonchev–Trinajstić information content (AvgIpc) is 2.95. The van der Waals surface area contributed by atoms with E-state index in [0.29, 0.717) is 11.4 Å². The number of hydrogen-bond donors (Lipinski definition) is 2. The largest absolute Gasteiger partial charge is 0.463 e. The number of aromatic nitrogens is 2. The van der Waals surface area contributed by atoms with Crippen LogP contribution in [0.3, 0.4) is 0 Å². The minimum absolute atomic E-state index is 0.0196. The molecule has 1 unspecified atom stereocenters. The molecule has 1 aliphatic heterocycles. The van der Waals surface area contributed by atoms with Crippen molar-refractivity contribution in [2.45, 2.75) is 11.1 Å². The van der Waals surface area contributed by atoms with Crippen LogP contribution in [-0.4, -0.2) is 18.0 Å². The van der Waals surface area contributed by atoms with Gasteiger partial charge in [0.15, 0.2) is 0 Å². The van der Waals surface area contributed by atoms with Crippen LogP contribution in [0.25, 0.3) is 0 Å². The fourth-order valence-corrected chi connectivity index (χ4v) is 2.63. The molecule has 94 valence electrons. The number of nitrogens with zero attached hydrogens (tertiary/aromatic N) is 2. The number of rotatable bonds is 2. The van der Waals surface area contributed by atoms with E-state index in [1.165, 1.54) is 23.7 Å². The van der Waals surface area contributed by atoms with Crippen LogP contribution in [0.4, 0.5) is 5.69 Å². The Morgan fingerprint density at radius 1 is 1.44 bits per heavy atom. The van der Waals surface area contributed by atoms with Crippen molar-refractivity contribution in [3.8, 4) is 5.75 Å². The SMILES string of the molecule is NS(=O)(=O)c1ccc2c(c1)OC(c1cnns1)N2. The van der Waals surface area contributed by atoms with Gasteiger partial charge >= 0.3 is 0 Å². The van der Waals surface area contributed by atoms with Crippen LogP contribution in [0.2, 0.25) is 0 Å². The van der Waals surface area contributed by atoms with Crippen molar-refractivity contribution in [1.82, 2.24) is 9.59 Å². The second-order valence-electron chi connectivity index (χ2n) is 3.67. The maximum atomic E-state index is 11.2. The summed E-state index contributed by atoms with van der Waals surface area (Å²) in [7, 11) is -3.73. The lowest BCUT2D eigenvalue weighted by Gasteiger charge is -2.06. The summed E-state index contributed by atoms with van der Waals surface area (Å²) in [6.45, 7) is 0. The molecule has 0 radical (unpaired) electrons. The van der Waals surface area contributed by atoms with E-state index in [1.807, 2.05) is 0 Å². The molecule has 18 heavy (non-hydrogen) atoms. The summed E-state index contributed by atoms with van der Waals surface area (Å²) in [4.78, 5) is 0.828. The molecule has 2 aromatic rings. The van der Waals surface area contributed by atoms with Gasteiger partial charge in [0, 0.05) is 6.07 Å². The van der Waals surface area contributed by atoms with Crippen molar-refractivity contribution >= 4 is 27.2 Å². The van der Waals surface area contributed by atoms with Crippen molar-refractivity contribution in [1.29, 1.82) is 0 Å². The van der Waals surface area contributed by atoms with Gasteiger partial charge in [-0.1, -0.05) is 4.49 Å². The molecule has 0 saturated heterocycles. The van der Waals surface area contributed by atoms with E-state index < -0.39 is 16.3 Å². The number of benzene rings is 1. The van der Waals surface area contributed by atoms with Crippen LogP contribution in [0, 0.1) is 0 Å². The first-order chi connectivity index (χ1) is 8.54. The van der Waals surface area contributed by atoms with Crippen molar-refractivity contribution in [2.75, 3.05) is 5.32 Å². The van der Waals surface area contributed by atoms with Gasteiger partial charge in [-0.2, -0.15) is 0 Å². The summed E-state index contributed by atoms with van der Waals surface area (Å²) in [6, 6.07) is 4.44. The zero-order valence-electron chi connectivity index (χ0n) is 8.90. The first-order valence-electron chi connectivity index (χ1n) is 4.91. The molecular formula is C9H8N4O3S2. The van der Waals surface area contributed by atoms with Crippen LogP contribution in [0.1, 0.15) is 11.1 Å². The molecule has 0 amide bonds. The molecule has 1 aliphatic rings. The van der Waals surface area contributed by atoms with Gasteiger partial charge in [0.2, 0.25) is 16.3 Å². The highest BCUT2D eigenvalue weighted by Crippen LogP contribution is 2.39. The molecule has 1 aromatic heterocycles. The third-order valence-corrected chi connectivity index (χ3v) is 4.07. The Balaban J connectivity index is 1.95. The molecule has 7 nitrogen and oxygen atoms in total. The van der Waals surface area contributed by atoms with Crippen LogP contribution < -0.4 is 15.2 Å². The highest BCUT2D eigenvalue weighted by Gasteiger charge is 2.26. The minimum atomic E-state index is -3.73. The van der Waals surface area contributed by atoms with E-state index in [1.54, 1.807) is 12.3 Å². The van der Waals surface area contributed by atoms with Gasteiger partial charge in [-0.25, -0.2) is 13.6 Å². The van der Waals surface area contributed by atoms with Crippen LogP contribution in [0.5, 0.6) is 5.75 Å². The van der Waals surface area contributed by atoms with Crippen LogP contribution >= 0.6 is 11.5 Å². The Hall–Kier alpha value is -1.71. The number of nitrogens with one attached hydrogen (secondary N) is 1. The molecule has 0 bridgehead atoms. The van der Waals surface area contributed by atoms with E-state index in [2.05, 4.69) is 14.9 Å². The third-order valence-electron chi connectivity index (χ3n) is 2.45. The molecule has 0 aliphatic carbocycles. The molecule has 1 atom stereocenters. The molecule has 0 saturated carbocycles. The van der Waals surface area contributed by atoms with Gasteiger partial charge in [-0.3, -0.25) is 0 Å². The fourth-order valence-electron chi connectivity index (χ4n) is 1.61. The predicted octanol–water partition coefficient (Wildman–Crippen LogP) is 0.689. The van der Waals surface area contributed by atoms with Gasteiger partial charge in [0.1, 0.15) is 10.6 Å². The maximum Gasteiger partial charge on any atom is 0.238 e. The summed E-state index contributed by atoms with van der Waals surface area (Å²) < 4.78 is 31.8. The van der Waals surface area contributed by atoms with E-state index >= 15 is 0 Å². The van der Waals surface area contributed by atoms with Crippen molar-refractivity contribution in [3.05, 3.63) is 29.3 Å². The summed E-state index contributed by atoms with van der Waals surface area (Å²) >= 11 is 1.21. The van der Waals surface area contributed by atoms with Crippen LogP contribution in [0.15, 0.2) is 29.3 Å². The third kappa shape index (κ3) is 1.92. The Kier molecular flexibility index (Phi) is 2.47. The Bertz CT molecular complexity index is 684. The number of nitrogens with two attached hydrogens (primary N) is 1. The Labute approximate surface area is 107 Å². The lowest BCUT2D eigenvalue weighted by Crippen LogP contribution is -2.11. The monoisotopic (exact) mass is 284 g/mol. The molecule has 9 heteroatoms. The minimum Gasteiger partial charge on any atom is -0.463 e. The number of primary sulfonamides is 1. The van der Waals surface area contributed by atoms with Gasteiger partial charge in [-0.15, -0.1) is 5.10 Å². The van der Waals surface area contributed by atoms with Crippen LogP contribution in [-0.2, 0) is 10.0 Å². The quantitative estimate of drug-likeness (QED) is 0.840. The van der Waals surface area contributed by atoms with Gasteiger partial charge < -0.3 is 10.1 Å². The first-order valence-corrected chi connectivity index (χ1v) is 7.23. The second kappa shape index (κ2) is 3.90. The molecule has 3 rings (SSSR count). The second-order valence-corrected chi connectivity index (χ2v) is 6.04. The van der Waals surface area contributed by atoms with E-state index in [9.17, 15) is 8.42 Å². The van der Waals surface area contributed by atoms with Gasteiger partial charge in [0.25, 0.3) is 0 Å². The smallest absolute Gasteiger partial charge is 0.238 e. The predicted molar refractivity (Wildman–Crippen MR) is 64.7 cm³/mol. The lowest BCUT2D eigenvalue weighted by molar-refractivity contribution is 0.263. The van der Waals surface area contributed by atoms with E-state index in [4.69, 9.17) is 9.88 Å². The normalized spacial score (nSPS) is 17.9. The topological polar surface area (TPSA) is 107 Å². The highest BCUT2D eigenvalue weighted by molar-refractivity contribution is 7.89. The van der Waals surface area contributed by atoms with Gasteiger partial charge in [-0.05, 0) is 23.7 Å². The molecule has 3 N–H and O–H groups in total. The standard InChI is InChI=1S/C9H8N4O3S2/c10-18(14,15)5-1-2-6-7(3-5)16-9(12-6)8-4-11-13-17-8/h1-4,9,12H,(H2,10,14,15). The number of ether oxygens (including phenoxy) is 1. The maximum absolute atomic E-state index is 11.2. The van der Waals surface area contributed by atoms with E-state index in [0.717, 1.165) is 4.88 Å². The molecular weight excluding hydrogens is 276 g/mol. The zero-order chi connectivity index (χ0) is 12.8. The van der Waals surface area contributed by atoms with Crippen molar-refractivity contribution in [3.63, 3.8) is 0 Å². The zero-order valence-corrected chi connectivity index (χ0v) is 10.5. The lowest BCUT2D eigenvalue weighted by atomic mass is 10.3. The molecule has 0 spiro atoms. The summed E-state index contributed by atoms with van der Waals surface area (Å²) in [5, 5.41) is 11.9. The summed E-state index contributed by atoms with van der Waals surface area (Å²) in [5.74, 6) is 0.444. The number of anilines is 1. The number of hydrogen-bond acceptors (Lipinski definition) is 7. The van der Waals surface area contributed by atoms with Gasteiger partial charge in [0.05, 0.1) is 16.8 Å². The number of sulfonamides is 1. The Morgan fingerprint density at radius 3 is 2.94 bits per heavy atom. The molecule has 2 heterocycles. The van der Waals surface area contributed by atoms with Crippen molar-refractivity contribution in [2.24, 2.45) is 5.14 Å². The average molecular weight is 284 g/mol. The Morgan fingerprint density at radius 2 is 2.28 bits per heavy atom. The molecule has 0 fully saturated rings. The first kappa shape index (κ1) is 11.4.